The first kappa shape index (κ1) is 24.4. The Morgan fingerprint density at radius 3 is 2.41 bits per heavy atom. The second-order valence-corrected chi connectivity index (χ2v) is 8.55. The number of amides is 1. The number of hydrogen-bond donors (Lipinski definition) is 2. The molecule has 158 valence electrons. The van der Waals surface area contributed by atoms with Gasteiger partial charge in [-0.05, 0) is 19.3 Å². The summed E-state index contributed by atoms with van der Waals surface area (Å²) >= 11 is 0. The number of nitrogens with one attached hydrogen (secondary N) is 2. The number of rotatable bonds is 6. The maximum atomic E-state index is 12.1. The third-order valence-corrected chi connectivity index (χ3v) is 6.04. The van der Waals surface area contributed by atoms with E-state index in [2.05, 4.69) is 15.0 Å². The average Bonchev–Trinajstić information content (AvgIpc) is 2.65. The van der Waals surface area contributed by atoms with Crippen LogP contribution in [0.1, 0.15) is 26.2 Å². The van der Waals surface area contributed by atoms with Gasteiger partial charge in [0.15, 0.2) is 5.96 Å². The zero-order chi connectivity index (χ0) is 19.0. The minimum Gasteiger partial charge on any atom is -0.377 e. The Kier molecular flexibility index (Phi) is 10.9. The first-order valence-electron chi connectivity index (χ1n) is 9.21. The van der Waals surface area contributed by atoms with Gasteiger partial charge in [0.05, 0.1) is 11.9 Å². The van der Waals surface area contributed by atoms with Crippen molar-refractivity contribution < 1.29 is 17.9 Å². The van der Waals surface area contributed by atoms with E-state index in [4.69, 9.17) is 4.74 Å². The number of hydrogen-bond acceptors (Lipinski definition) is 5. The molecule has 0 radical (unpaired) electrons. The molecule has 1 unspecified atom stereocenters. The van der Waals surface area contributed by atoms with E-state index in [0.29, 0.717) is 45.3 Å². The van der Waals surface area contributed by atoms with Gasteiger partial charge in [-0.25, -0.2) is 13.1 Å². The summed E-state index contributed by atoms with van der Waals surface area (Å²) in [6, 6.07) is 0. The first-order chi connectivity index (χ1) is 12.4. The number of guanidine groups is 1. The number of nitrogens with zero attached hydrogens (tertiary/aromatic N) is 3. The highest BCUT2D eigenvalue weighted by molar-refractivity contribution is 14.0. The van der Waals surface area contributed by atoms with Gasteiger partial charge in [-0.3, -0.25) is 9.79 Å². The van der Waals surface area contributed by atoms with Crippen molar-refractivity contribution in [3.63, 3.8) is 0 Å². The smallest absolute Gasteiger partial charge is 0.219 e. The topological polar surface area (TPSA) is 103 Å². The van der Waals surface area contributed by atoms with Crippen LogP contribution in [-0.4, -0.2) is 94.9 Å². The van der Waals surface area contributed by atoms with E-state index in [1.165, 1.54) is 0 Å². The van der Waals surface area contributed by atoms with Crippen LogP contribution in [0.5, 0.6) is 0 Å². The Morgan fingerprint density at radius 1 is 1.19 bits per heavy atom. The summed E-state index contributed by atoms with van der Waals surface area (Å²) in [6.07, 6.45) is 3.02. The highest BCUT2D eigenvalue weighted by Crippen LogP contribution is 2.11. The van der Waals surface area contributed by atoms with Gasteiger partial charge in [0.25, 0.3) is 0 Å². The fraction of sp³-hybridized carbons (Fsp3) is 0.875. The van der Waals surface area contributed by atoms with Gasteiger partial charge in [0.2, 0.25) is 15.9 Å². The molecular formula is C16H32IN5O4S. The summed E-state index contributed by atoms with van der Waals surface area (Å²) in [5, 5.41) is 3.10. The molecule has 2 aliphatic heterocycles. The predicted octanol–water partition coefficient (Wildman–Crippen LogP) is -0.168. The number of halogens is 1. The third-order valence-electron chi connectivity index (χ3n) is 4.70. The maximum Gasteiger partial charge on any atom is 0.219 e. The lowest BCUT2D eigenvalue weighted by Gasteiger charge is -2.36. The summed E-state index contributed by atoms with van der Waals surface area (Å²) in [6.45, 7) is 5.56. The molecule has 2 heterocycles. The monoisotopic (exact) mass is 517 g/mol. The van der Waals surface area contributed by atoms with E-state index in [1.807, 2.05) is 4.90 Å². The van der Waals surface area contributed by atoms with Crippen molar-refractivity contribution in [3.8, 4) is 0 Å². The van der Waals surface area contributed by atoms with E-state index in [-0.39, 0.29) is 48.3 Å². The van der Waals surface area contributed by atoms with E-state index in [0.717, 1.165) is 19.3 Å². The second-order valence-electron chi connectivity index (χ2n) is 6.62. The molecule has 2 saturated heterocycles. The first-order valence-corrected chi connectivity index (χ1v) is 10.9. The molecule has 0 aromatic heterocycles. The van der Waals surface area contributed by atoms with E-state index in [1.54, 1.807) is 18.9 Å². The average molecular weight is 517 g/mol. The number of sulfonamides is 1. The van der Waals surface area contributed by atoms with Crippen molar-refractivity contribution in [3.05, 3.63) is 0 Å². The fourth-order valence-corrected chi connectivity index (χ4v) is 4.08. The molecule has 1 atom stereocenters. The van der Waals surface area contributed by atoms with Gasteiger partial charge in [-0.2, -0.15) is 0 Å². The van der Waals surface area contributed by atoms with Crippen molar-refractivity contribution in [2.45, 2.75) is 32.3 Å². The normalized spacial score (nSPS) is 21.6. The standard InChI is InChI=1S/C16H31N5O4S.HI/c1-14(22)20-7-9-21(10-8-20)16(17-2)18-6-12-26(23,24)19-13-15-5-3-4-11-25-15;/h15,19H,3-13H2,1-2H3,(H,17,18);1H. The van der Waals surface area contributed by atoms with E-state index >= 15 is 0 Å². The number of aliphatic imine (C=N–C) groups is 1. The van der Waals surface area contributed by atoms with Crippen LogP contribution in [0.2, 0.25) is 0 Å². The Balaban J connectivity index is 0.00000364. The number of carbonyl (C=O) groups excluding carboxylic acids is 1. The zero-order valence-electron chi connectivity index (χ0n) is 16.1. The fourth-order valence-electron chi connectivity index (χ4n) is 3.12. The quantitative estimate of drug-likeness (QED) is 0.288. The van der Waals surface area contributed by atoms with Crippen LogP contribution in [0.3, 0.4) is 0 Å². The summed E-state index contributed by atoms with van der Waals surface area (Å²) in [5.41, 5.74) is 0. The van der Waals surface area contributed by atoms with Crippen LogP contribution in [0, 0.1) is 0 Å². The summed E-state index contributed by atoms with van der Waals surface area (Å²) < 4.78 is 32.4. The number of piperazine rings is 1. The van der Waals surface area contributed by atoms with Crippen molar-refractivity contribution in [2.75, 3.05) is 58.7 Å². The highest BCUT2D eigenvalue weighted by atomic mass is 127. The number of carbonyl (C=O) groups is 1. The van der Waals surface area contributed by atoms with E-state index in [9.17, 15) is 13.2 Å². The SMILES string of the molecule is CN=C(NCCS(=O)(=O)NCC1CCCCO1)N1CCN(C(C)=O)CC1.I. The van der Waals surface area contributed by atoms with Crippen LogP contribution < -0.4 is 10.0 Å². The molecule has 2 aliphatic rings. The third kappa shape index (κ3) is 8.48. The van der Waals surface area contributed by atoms with Crippen LogP contribution in [0.4, 0.5) is 0 Å². The van der Waals surface area contributed by atoms with Gasteiger partial charge in [0.1, 0.15) is 0 Å². The molecule has 2 rings (SSSR count). The minimum atomic E-state index is -3.35. The molecule has 2 fully saturated rings. The molecule has 11 heteroatoms. The van der Waals surface area contributed by atoms with Gasteiger partial charge in [-0.1, -0.05) is 0 Å². The molecular weight excluding hydrogens is 485 g/mol. The van der Waals surface area contributed by atoms with Crippen LogP contribution in [0.15, 0.2) is 4.99 Å². The minimum absolute atomic E-state index is 0. The lowest BCUT2D eigenvalue weighted by atomic mass is 10.1. The van der Waals surface area contributed by atoms with Crippen molar-refractivity contribution in [1.29, 1.82) is 0 Å². The summed E-state index contributed by atoms with van der Waals surface area (Å²) in [7, 11) is -1.68. The van der Waals surface area contributed by atoms with Gasteiger partial charge in [-0.15, -0.1) is 24.0 Å². The second kappa shape index (κ2) is 12.0. The van der Waals surface area contributed by atoms with Crippen LogP contribution in [-0.2, 0) is 19.6 Å². The van der Waals surface area contributed by atoms with Crippen LogP contribution in [0.25, 0.3) is 0 Å². The molecule has 2 N–H and O–H groups in total. The molecule has 0 saturated carbocycles. The molecule has 27 heavy (non-hydrogen) atoms. The Bertz CT molecular complexity index is 588. The lowest BCUT2D eigenvalue weighted by Crippen LogP contribution is -2.54. The molecule has 0 aromatic rings. The summed E-state index contributed by atoms with van der Waals surface area (Å²) in [4.78, 5) is 19.4. The Hall–Kier alpha value is -0.660. The maximum absolute atomic E-state index is 12.1. The molecule has 0 bridgehead atoms. The Labute approximate surface area is 179 Å². The molecule has 1 amide bonds. The molecule has 0 spiro atoms. The van der Waals surface area contributed by atoms with Crippen LogP contribution >= 0.6 is 24.0 Å². The zero-order valence-corrected chi connectivity index (χ0v) is 19.3. The van der Waals surface area contributed by atoms with Gasteiger partial charge < -0.3 is 19.9 Å². The summed E-state index contributed by atoms with van der Waals surface area (Å²) in [5.74, 6) is 0.720. The van der Waals surface area contributed by atoms with Crippen molar-refractivity contribution >= 4 is 45.9 Å². The van der Waals surface area contributed by atoms with Crippen molar-refractivity contribution in [2.24, 2.45) is 4.99 Å². The van der Waals surface area contributed by atoms with Gasteiger partial charge >= 0.3 is 0 Å². The lowest BCUT2D eigenvalue weighted by molar-refractivity contribution is -0.130. The Morgan fingerprint density at radius 2 is 1.85 bits per heavy atom. The molecule has 9 nitrogen and oxygen atoms in total. The van der Waals surface area contributed by atoms with E-state index < -0.39 is 10.0 Å². The largest absolute Gasteiger partial charge is 0.377 e. The van der Waals surface area contributed by atoms with Crippen molar-refractivity contribution in [1.82, 2.24) is 19.8 Å². The number of ether oxygens (including phenoxy) is 1. The molecule has 0 aromatic carbocycles. The van der Waals surface area contributed by atoms with Gasteiger partial charge in [0, 0.05) is 59.8 Å². The highest BCUT2D eigenvalue weighted by Gasteiger charge is 2.22. The predicted molar refractivity (Wildman–Crippen MR) is 116 cm³/mol. The molecule has 0 aliphatic carbocycles.